The molecule has 2 aromatic rings. The van der Waals surface area contributed by atoms with Crippen molar-refractivity contribution in [3.05, 3.63) is 53.6 Å². The molecule has 1 amide bonds. The molecule has 1 atom stereocenters. The lowest BCUT2D eigenvalue weighted by molar-refractivity contribution is -0.126. The van der Waals surface area contributed by atoms with E-state index in [4.69, 9.17) is 26.4 Å². The molecule has 3 rings (SSSR count). The topological polar surface area (TPSA) is 48.0 Å². The summed E-state index contributed by atoms with van der Waals surface area (Å²) in [5, 5.41) is -0.252. The molecule has 0 aliphatic carbocycles. The van der Waals surface area contributed by atoms with Crippen molar-refractivity contribution in [1.82, 2.24) is 4.90 Å². The predicted molar refractivity (Wildman–Crippen MR) is 120 cm³/mol. The Morgan fingerprint density at radius 3 is 2.38 bits per heavy atom. The van der Waals surface area contributed by atoms with Crippen LogP contribution in [-0.2, 0) is 17.8 Å². The zero-order valence-electron chi connectivity index (χ0n) is 16.8. The number of hydrogen-bond donors (Lipinski definition) is 0. The van der Waals surface area contributed by atoms with Crippen molar-refractivity contribution in [2.75, 3.05) is 20.3 Å². The Kier molecular flexibility index (Phi) is 7.39. The van der Waals surface area contributed by atoms with Crippen LogP contribution in [0.1, 0.15) is 25.0 Å². The Morgan fingerprint density at radius 2 is 1.72 bits per heavy atom. The van der Waals surface area contributed by atoms with Gasteiger partial charge in [-0.2, -0.15) is 0 Å². The molecule has 2 aromatic carbocycles. The van der Waals surface area contributed by atoms with E-state index in [2.05, 4.69) is 0 Å². The van der Waals surface area contributed by atoms with Crippen molar-refractivity contribution in [2.45, 2.75) is 32.1 Å². The monoisotopic (exact) mass is 431 g/mol. The maximum atomic E-state index is 13.0. The number of amides is 1. The number of nitrogens with zero attached hydrogens (tertiary/aromatic N) is 1. The molecule has 1 saturated heterocycles. The average molecular weight is 432 g/mol. The number of methoxy groups -OCH3 is 1. The van der Waals surface area contributed by atoms with Crippen LogP contribution < -0.4 is 14.2 Å². The summed E-state index contributed by atoms with van der Waals surface area (Å²) in [4.78, 5) is 14.7. The van der Waals surface area contributed by atoms with Gasteiger partial charge in [0.25, 0.3) is 0 Å². The second-order valence-electron chi connectivity index (χ2n) is 6.48. The Labute approximate surface area is 181 Å². The molecule has 1 aliphatic heterocycles. The normalized spacial score (nSPS) is 16.2. The first-order valence-electron chi connectivity index (χ1n) is 9.59. The highest BCUT2D eigenvalue weighted by molar-refractivity contribution is 8.24. The van der Waals surface area contributed by atoms with Gasteiger partial charge in [0.1, 0.15) is 21.6 Å². The molecule has 5 nitrogen and oxygen atoms in total. The minimum Gasteiger partial charge on any atom is -0.497 e. The van der Waals surface area contributed by atoms with E-state index in [0.29, 0.717) is 30.5 Å². The van der Waals surface area contributed by atoms with Crippen molar-refractivity contribution in [3.8, 4) is 17.2 Å². The first-order valence-corrected chi connectivity index (χ1v) is 10.9. The lowest BCUT2D eigenvalue weighted by Gasteiger charge is -2.17. The van der Waals surface area contributed by atoms with Gasteiger partial charge < -0.3 is 14.2 Å². The lowest BCUT2D eigenvalue weighted by Crippen LogP contribution is -2.31. The summed E-state index contributed by atoms with van der Waals surface area (Å²) < 4.78 is 17.1. The summed E-state index contributed by atoms with van der Waals surface area (Å²) in [6, 6.07) is 13.5. The highest BCUT2D eigenvalue weighted by Crippen LogP contribution is 2.34. The van der Waals surface area contributed by atoms with Gasteiger partial charge in [0.2, 0.25) is 5.91 Å². The highest BCUT2D eigenvalue weighted by Gasteiger charge is 2.37. The molecule has 1 aliphatic rings. The molecular weight excluding hydrogens is 406 g/mol. The van der Waals surface area contributed by atoms with Crippen molar-refractivity contribution >= 4 is 34.2 Å². The first-order chi connectivity index (χ1) is 14.0. The van der Waals surface area contributed by atoms with Gasteiger partial charge in [0.05, 0.1) is 32.1 Å². The number of ether oxygens (including phenoxy) is 3. The van der Waals surface area contributed by atoms with Crippen molar-refractivity contribution in [3.63, 3.8) is 0 Å². The largest absolute Gasteiger partial charge is 0.497 e. The minimum atomic E-state index is -0.252. The molecule has 7 heteroatoms. The summed E-state index contributed by atoms with van der Waals surface area (Å²) in [6.07, 6.45) is 0.560. The number of carbonyl (C=O) groups excluding carboxylic acids is 1. The van der Waals surface area contributed by atoms with Crippen LogP contribution in [0.3, 0.4) is 0 Å². The number of thiocarbonyl (C=S) groups is 1. The molecule has 0 saturated carbocycles. The number of carbonyl (C=O) groups is 1. The van der Waals surface area contributed by atoms with Gasteiger partial charge in [-0.25, -0.2) is 0 Å². The smallest absolute Gasteiger partial charge is 0.242 e. The summed E-state index contributed by atoms with van der Waals surface area (Å²) in [6.45, 7) is 5.50. The molecule has 1 fully saturated rings. The summed E-state index contributed by atoms with van der Waals surface area (Å²) >= 11 is 6.93. The van der Waals surface area contributed by atoms with Crippen molar-refractivity contribution in [1.29, 1.82) is 0 Å². The molecule has 0 aromatic heterocycles. The summed E-state index contributed by atoms with van der Waals surface area (Å²) in [7, 11) is 1.63. The third-order valence-electron chi connectivity index (χ3n) is 4.56. The molecule has 0 N–H and O–H groups in total. The van der Waals surface area contributed by atoms with E-state index in [9.17, 15) is 4.79 Å². The highest BCUT2D eigenvalue weighted by atomic mass is 32.2. The van der Waals surface area contributed by atoms with Crippen LogP contribution in [0.25, 0.3) is 0 Å². The molecule has 0 unspecified atom stereocenters. The quantitative estimate of drug-likeness (QED) is 0.546. The van der Waals surface area contributed by atoms with Crippen LogP contribution >= 0.6 is 24.0 Å². The molecule has 154 valence electrons. The van der Waals surface area contributed by atoms with Crippen molar-refractivity contribution < 1.29 is 19.0 Å². The van der Waals surface area contributed by atoms with Gasteiger partial charge >= 0.3 is 0 Å². The molecule has 29 heavy (non-hydrogen) atoms. The van der Waals surface area contributed by atoms with Gasteiger partial charge in [-0.3, -0.25) is 9.69 Å². The molecule has 0 radical (unpaired) electrons. The Morgan fingerprint density at radius 1 is 1.03 bits per heavy atom. The Bertz CT molecular complexity index is 870. The van der Waals surface area contributed by atoms with Crippen molar-refractivity contribution in [2.24, 2.45) is 0 Å². The van der Waals surface area contributed by atoms with Crippen LogP contribution in [0.4, 0.5) is 0 Å². The van der Waals surface area contributed by atoms with E-state index in [-0.39, 0.29) is 11.2 Å². The molecule has 1 heterocycles. The molecule has 0 spiro atoms. The van der Waals surface area contributed by atoms with Gasteiger partial charge in [-0.1, -0.05) is 42.2 Å². The number of benzene rings is 2. The maximum absolute atomic E-state index is 13.0. The SMILES string of the molecule is CCOc1ccc(C[C@@H]2SC(=S)N(Cc3ccc(OC)cc3)C2=O)c(OCC)c1. The van der Waals surface area contributed by atoms with Crippen LogP contribution in [0.5, 0.6) is 17.2 Å². The first kappa shape index (κ1) is 21.5. The maximum Gasteiger partial charge on any atom is 0.242 e. The van der Waals surface area contributed by atoms with Crippen LogP contribution in [0.15, 0.2) is 42.5 Å². The Balaban J connectivity index is 1.72. The third-order valence-corrected chi connectivity index (χ3v) is 6.14. The van der Waals surface area contributed by atoms with Gasteiger partial charge in [0.15, 0.2) is 0 Å². The van der Waals surface area contributed by atoms with Crippen LogP contribution in [0, 0.1) is 0 Å². The summed E-state index contributed by atoms with van der Waals surface area (Å²) in [5.41, 5.74) is 1.99. The van der Waals surface area contributed by atoms with Gasteiger partial charge in [-0.15, -0.1) is 0 Å². The molecule has 0 bridgehead atoms. The standard InChI is InChI=1S/C22H25NO4S2/c1-4-26-18-11-8-16(19(13-18)27-5-2)12-20-21(24)23(22(28)29-20)14-15-6-9-17(25-3)10-7-15/h6-11,13,20H,4-5,12,14H2,1-3H3/t20-/m0/s1. The fourth-order valence-electron chi connectivity index (χ4n) is 3.13. The van der Waals surface area contributed by atoms with Gasteiger partial charge in [-0.05, 0) is 49.6 Å². The predicted octanol–water partition coefficient (Wildman–Crippen LogP) is 4.46. The van der Waals surface area contributed by atoms with E-state index in [1.807, 2.05) is 56.3 Å². The van der Waals surface area contributed by atoms with E-state index in [0.717, 1.165) is 28.4 Å². The van der Waals surface area contributed by atoms with Crippen LogP contribution in [0.2, 0.25) is 0 Å². The van der Waals surface area contributed by atoms with Gasteiger partial charge in [0, 0.05) is 6.07 Å². The average Bonchev–Trinajstić information content (AvgIpc) is 2.98. The van der Waals surface area contributed by atoms with Crippen LogP contribution in [-0.4, -0.2) is 40.7 Å². The Hall–Kier alpha value is -2.25. The third kappa shape index (κ3) is 5.22. The fraction of sp³-hybridized carbons (Fsp3) is 0.364. The second kappa shape index (κ2) is 9.98. The molecular formula is C22H25NO4S2. The van der Waals surface area contributed by atoms with E-state index in [1.165, 1.54) is 11.8 Å². The number of hydrogen-bond acceptors (Lipinski definition) is 6. The summed E-state index contributed by atoms with van der Waals surface area (Å²) in [5.74, 6) is 2.34. The zero-order chi connectivity index (χ0) is 20.8. The number of thioether (sulfide) groups is 1. The van der Waals surface area contributed by atoms with E-state index < -0.39 is 0 Å². The van der Waals surface area contributed by atoms with E-state index >= 15 is 0 Å². The fourth-order valence-corrected chi connectivity index (χ4v) is 4.65. The zero-order valence-corrected chi connectivity index (χ0v) is 18.5. The lowest BCUT2D eigenvalue weighted by atomic mass is 10.1. The number of rotatable bonds is 9. The van der Waals surface area contributed by atoms with E-state index in [1.54, 1.807) is 12.0 Å². The minimum absolute atomic E-state index is 0.0344. The second-order valence-corrected chi connectivity index (χ2v) is 8.32.